The van der Waals surface area contributed by atoms with E-state index in [4.69, 9.17) is 9.15 Å². The number of hydrogen-bond acceptors (Lipinski definition) is 6. The number of urea groups is 1. The van der Waals surface area contributed by atoms with Crippen LogP contribution in [0.4, 0.5) is 10.5 Å². The van der Waals surface area contributed by atoms with E-state index in [2.05, 4.69) is 15.3 Å². The number of carbonyl (C=O) groups excluding carboxylic acids is 1. The molecule has 0 aliphatic carbocycles. The average Bonchev–Trinajstić information content (AvgIpc) is 2.98. The van der Waals surface area contributed by atoms with Crippen LogP contribution in [0.5, 0.6) is 6.08 Å². The molecule has 0 spiro atoms. The summed E-state index contributed by atoms with van der Waals surface area (Å²) in [5.74, 6) is -0.634. The molecular formula is C16H21N5O4. The Bertz CT molecular complexity index is 820. The minimum atomic E-state index is -0.634. The highest BCUT2D eigenvalue weighted by Gasteiger charge is 2.19. The molecule has 1 aliphatic heterocycles. The normalized spacial score (nSPS) is 15.2. The van der Waals surface area contributed by atoms with Crippen molar-refractivity contribution in [3.63, 3.8) is 0 Å². The number of aryl methyl sites for hydroxylation is 1. The number of aromatic nitrogens is 2. The van der Waals surface area contributed by atoms with Gasteiger partial charge < -0.3 is 24.3 Å². The molecule has 2 aromatic rings. The Morgan fingerprint density at radius 3 is 2.60 bits per heavy atom. The highest BCUT2D eigenvalue weighted by atomic mass is 16.6. The van der Waals surface area contributed by atoms with Crippen LogP contribution in [-0.2, 0) is 0 Å². The lowest BCUT2D eigenvalue weighted by Crippen LogP contribution is -2.48. The summed E-state index contributed by atoms with van der Waals surface area (Å²) in [6, 6.07) is 5.06. The van der Waals surface area contributed by atoms with Crippen LogP contribution in [0.2, 0.25) is 0 Å². The van der Waals surface area contributed by atoms with Crippen molar-refractivity contribution in [2.75, 3.05) is 45.7 Å². The molecule has 1 saturated heterocycles. The van der Waals surface area contributed by atoms with Crippen molar-refractivity contribution in [3.05, 3.63) is 34.3 Å². The van der Waals surface area contributed by atoms with Gasteiger partial charge in [-0.05, 0) is 37.7 Å². The van der Waals surface area contributed by atoms with Crippen LogP contribution in [-0.4, -0.2) is 65.9 Å². The first kappa shape index (κ1) is 17.0. The Balaban J connectivity index is 1.74. The van der Waals surface area contributed by atoms with E-state index in [-0.39, 0.29) is 12.1 Å². The third kappa shape index (κ3) is 3.66. The number of carbonyl (C=O) groups is 1. The minimum absolute atomic E-state index is 0.102. The van der Waals surface area contributed by atoms with Gasteiger partial charge in [0, 0.05) is 31.9 Å². The molecular weight excluding hydrogens is 326 g/mol. The van der Waals surface area contributed by atoms with Crippen molar-refractivity contribution in [3.8, 4) is 11.8 Å². The van der Waals surface area contributed by atoms with Gasteiger partial charge in [-0.3, -0.25) is 0 Å². The second kappa shape index (κ2) is 6.98. The molecule has 1 fully saturated rings. The van der Waals surface area contributed by atoms with Crippen molar-refractivity contribution in [1.82, 2.24) is 19.6 Å². The van der Waals surface area contributed by atoms with Gasteiger partial charge in [-0.25, -0.2) is 9.59 Å². The van der Waals surface area contributed by atoms with Crippen molar-refractivity contribution in [2.24, 2.45) is 0 Å². The number of benzene rings is 1. The number of ether oxygens (including phenoxy) is 1. The molecule has 9 nitrogen and oxygen atoms in total. The second-order valence-electron chi connectivity index (χ2n) is 5.97. The van der Waals surface area contributed by atoms with Crippen molar-refractivity contribution >= 4 is 11.7 Å². The summed E-state index contributed by atoms with van der Waals surface area (Å²) < 4.78 is 10.8. The molecule has 0 radical (unpaired) electrons. The molecule has 2 amide bonds. The van der Waals surface area contributed by atoms with E-state index in [1.165, 1.54) is 7.11 Å². The molecule has 0 bridgehead atoms. The van der Waals surface area contributed by atoms with Crippen LogP contribution < -0.4 is 15.8 Å². The predicted molar refractivity (Wildman–Crippen MR) is 91.5 cm³/mol. The zero-order chi connectivity index (χ0) is 18.0. The summed E-state index contributed by atoms with van der Waals surface area (Å²) >= 11 is 0. The van der Waals surface area contributed by atoms with Gasteiger partial charge in [0.1, 0.15) is 0 Å². The second-order valence-corrected chi connectivity index (χ2v) is 5.97. The van der Waals surface area contributed by atoms with Crippen molar-refractivity contribution in [2.45, 2.75) is 6.92 Å². The molecule has 2 heterocycles. The molecule has 25 heavy (non-hydrogen) atoms. The van der Waals surface area contributed by atoms with Gasteiger partial charge in [0.25, 0.3) is 0 Å². The van der Waals surface area contributed by atoms with Gasteiger partial charge in [-0.15, -0.1) is 0 Å². The zero-order valence-corrected chi connectivity index (χ0v) is 14.5. The van der Waals surface area contributed by atoms with E-state index in [9.17, 15) is 9.59 Å². The predicted octanol–water partition coefficient (Wildman–Crippen LogP) is 0.922. The van der Waals surface area contributed by atoms with Gasteiger partial charge in [0.05, 0.1) is 12.8 Å². The Morgan fingerprint density at radius 2 is 2.00 bits per heavy atom. The SMILES string of the molecule is COc1nn(-c2ccc(NC(=O)N3CCN(C)CC3)c(C)c2)c(=O)o1. The molecule has 0 atom stereocenters. The van der Waals surface area contributed by atoms with E-state index in [1.807, 2.05) is 14.0 Å². The number of amides is 2. The van der Waals surface area contributed by atoms with E-state index < -0.39 is 5.76 Å². The van der Waals surface area contributed by atoms with Gasteiger partial charge >= 0.3 is 17.9 Å². The van der Waals surface area contributed by atoms with Crippen LogP contribution in [0.3, 0.4) is 0 Å². The number of anilines is 1. The summed E-state index contributed by atoms with van der Waals surface area (Å²) in [7, 11) is 3.41. The first-order chi connectivity index (χ1) is 12.0. The van der Waals surface area contributed by atoms with Gasteiger partial charge in [0.15, 0.2) is 0 Å². The molecule has 1 N–H and O–H groups in total. The number of rotatable bonds is 3. The highest BCUT2D eigenvalue weighted by molar-refractivity contribution is 5.90. The number of likely N-dealkylation sites (N-methyl/N-ethyl adjacent to an activating group) is 1. The summed E-state index contributed by atoms with van der Waals surface area (Å²) in [6.45, 7) is 4.98. The maximum absolute atomic E-state index is 12.4. The summed E-state index contributed by atoms with van der Waals surface area (Å²) in [5, 5.41) is 6.84. The van der Waals surface area contributed by atoms with Crippen LogP contribution in [0, 0.1) is 6.92 Å². The van der Waals surface area contributed by atoms with Gasteiger partial charge in [-0.2, -0.15) is 4.68 Å². The molecule has 3 rings (SSSR count). The summed E-state index contributed by atoms with van der Waals surface area (Å²) in [6.07, 6.45) is -0.102. The van der Waals surface area contributed by atoms with E-state index >= 15 is 0 Å². The third-order valence-electron chi connectivity index (χ3n) is 4.19. The lowest BCUT2D eigenvalue weighted by Gasteiger charge is -2.32. The fourth-order valence-electron chi connectivity index (χ4n) is 2.63. The Hall–Kier alpha value is -2.81. The standard InChI is InChI=1S/C16H21N5O4/c1-11-10-12(21-16(23)25-15(18-21)24-3)4-5-13(11)17-14(22)20-8-6-19(2)7-9-20/h4-5,10H,6-9H2,1-3H3,(H,17,22). The van der Waals surface area contributed by atoms with Gasteiger partial charge in [-0.1, -0.05) is 5.10 Å². The van der Waals surface area contributed by atoms with Crippen LogP contribution >= 0.6 is 0 Å². The molecule has 1 aromatic heterocycles. The number of piperazine rings is 1. The molecule has 1 aliphatic rings. The lowest BCUT2D eigenvalue weighted by atomic mass is 10.2. The quantitative estimate of drug-likeness (QED) is 0.888. The zero-order valence-electron chi connectivity index (χ0n) is 14.5. The Morgan fingerprint density at radius 1 is 1.28 bits per heavy atom. The number of hydrogen-bond donors (Lipinski definition) is 1. The van der Waals surface area contributed by atoms with Crippen molar-refractivity contribution in [1.29, 1.82) is 0 Å². The molecule has 9 heteroatoms. The number of methoxy groups -OCH3 is 1. The van der Waals surface area contributed by atoms with E-state index in [1.54, 1.807) is 23.1 Å². The number of nitrogens with zero attached hydrogens (tertiary/aromatic N) is 4. The number of nitrogens with one attached hydrogen (secondary N) is 1. The topological polar surface area (TPSA) is 92.8 Å². The maximum atomic E-state index is 12.4. The van der Waals surface area contributed by atoms with Crippen LogP contribution in [0.1, 0.15) is 5.56 Å². The molecule has 134 valence electrons. The van der Waals surface area contributed by atoms with Crippen molar-refractivity contribution < 1.29 is 13.9 Å². The highest BCUT2D eigenvalue weighted by Crippen LogP contribution is 2.19. The first-order valence-corrected chi connectivity index (χ1v) is 7.97. The molecule has 0 saturated carbocycles. The average molecular weight is 347 g/mol. The third-order valence-corrected chi connectivity index (χ3v) is 4.19. The fourth-order valence-corrected chi connectivity index (χ4v) is 2.63. The van der Waals surface area contributed by atoms with E-state index in [0.29, 0.717) is 24.5 Å². The Kier molecular flexibility index (Phi) is 4.75. The van der Waals surface area contributed by atoms with Gasteiger partial charge in [0.2, 0.25) is 0 Å². The first-order valence-electron chi connectivity index (χ1n) is 7.97. The molecule has 0 unspecified atom stereocenters. The molecule has 1 aromatic carbocycles. The summed E-state index contributed by atoms with van der Waals surface area (Å²) in [5.41, 5.74) is 2.04. The summed E-state index contributed by atoms with van der Waals surface area (Å²) in [4.78, 5) is 28.1. The maximum Gasteiger partial charge on any atom is 0.444 e. The van der Waals surface area contributed by atoms with Crippen LogP contribution in [0.25, 0.3) is 5.69 Å². The minimum Gasteiger partial charge on any atom is -0.452 e. The Labute approximate surface area is 144 Å². The monoisotopic (exact) mass is 347 g/mol. The fraction of sp³-hybridized carbons (Fsp3) is 0.438. The van der Waals surface area contributed by atoms with E-state index in [0.717, 1.165) is 23.3 Å². The lowest BCUT2D eigenvalue weighted by molar-refractivity contribution is 0.164. The smallest absolute Gasteiger partial charge is 0.444 e. The largest absolute Gasteiger partial charge is 0.452 e. The van der Waals surface area contributed by atoms with Crippen LogP contribution in [0.15, 0.2) is 27.4 Å².